The molecule has 1 aliphatic rings. The summed E-state index contributed by atoms with van der Waals surface area (Å²) in [7, 11) is 0. The van der Waals surface area contributed by atoms with Gasteiger partial charge in [0.15, 0.2) is 0 Å². The Morgan fingerprint density at radius 1 is 1.54 bits per heavy atom. The van der Waals surface area contributed by atoms with Crippen molar-refractivity contribution in [2.75, 3.05) is 0 Å². The molecule has 0 nitrogen and oxygen atoms in total. The second-order valence-electron chi connectivity index (χ2n) is 3.15. The van der Waals surface area contributed by atoms with E-state index in [0.717, 1.165) is 5.02 Å². The molecule has 3 heteroatoms. The molecule has 0 bridgehead atoms. The van der Waals surface area contributed by atoms with Gasteiger partial charge in [-0.2, -0.15) is 0 Å². The Bertz CT molecular complexity index is 365. The second-order valence-corrected chi connectivity index (χ2v) is 12.6. The maximum atomic E-state index is 6.07. The standard InChI is InChI=1S/C8H5ClS.C2H5.In/c1-3-6(2)8-7(9)4-5-10-8;1-2;/h1-5H;1H2,2H3;. The van der Waals surface area contributed by atoms with Gasteiger partial charge in [-0.25, -0.2) is 0 Å². The zero-order chi connectivity index (χ0) is 9.26. The van der Waals surface area contributed by atoms with Crippen LogP contribution in [0, 0.1) is 0 Å². The number of hydrogen-bond acceptors (Lipinski definition) is 1. The minimum absolute atomic E-state index is 0.906. The van der Waals surface area contributed by atoms with Gasteiger partial charge in [0.05, 0.1) is 0 Å². The van der Waals surface area contributed by atoms with Gasteiger partial charge in [-0.1, -0.05) is 0 Å². The van der Waals surface area contributed by atoms with Crippen LogP contribution in [0.1, 0.15) is 11.8 Å². The third-order valence-electron chi connectivity index (χ3n) is 2.27. The summed E-state index contributed by atoms with van der Waals surface area (Å²) in [6.07, 6.45) is 2.27. The third-order valence-corrected chi connectivity index (χ3v) is 10.6. The van der Waals surface area contributed by atoms with E-state index in [9.17, 15) is 0 Å². The molecule has 1 aromatic heterocycles. The molecule has 66 valence electrons. The van der Waals surface area contributed by atoms with Crippen LogP contribution in [0.2, 0.25) is 9.20 Å². The van der Waals surface area contributed by atoms with Crippen molar-refractivity contribution in [1.82, 2.24) is 0 Å². The Balaban J connectivity index is 2.30. The molecule has 1 aliphatic heterocycles. The fourth-order valence-electron chi connectivity index (χ4n) is 1.47. The van der Waals surface area contributed by atoms with Crippen LogP contribution >= 0.6 is 22.9 Å². The number of allylic oxidation sites excluding steroid dienone is 2. The Morgan fingerprint density at radius 2 is 2.38 bits per heavy atom. The van der Waals surface area contributed by atoms with Gasteiger partial charge in [0.1, 0.15) is 0 Å². The monoisotopic (exact) mass is 312 g/mol. The first-order valence-electron chi connectivity index (χ1n) is 4.44. The first-order chi connectivity index (χ1) is 6.31. The van der Waals surface area contributed by atoms with Gasteiger partial charge in [-0.3, -0.25) is 0 Å². The minimum atomic E-state index is -1.33. The Kier molecular flexibility index (Phi) is 3.22. The molecule has 2 heterocycles. The fourth-order valence-corrected chi connectivity index (χ4v) is 8.17. The van der Waals surface area contributed by atoms with E-state index in [1.54, 1.807) is 11.3 Å². The number of rotatable bonds is 2. The second kappa shape index (κ2) is 4.24. The van der Waals surface area contributed by atoms with Gasteiger partial charge in [0, 0.05) is 0 Å². The number of hydrogen-bond donors (Lipinski definition) is 0. The van der Waals surface area contributed by atoms with E-state index in [4.69, 9.17) is 11.6 Å². The average molecular weight is 313 g/mol. The van der Waals surface area contributed by atoms with Crippen LogP contribution in [0.15, 0.2) is 25.2 Å². The van der Waals surface area contributed by atoms with E-state index in [1.807, 2.05) is 6.07 Å². The van der Waals surface area contributed by atoms with Gasteiger partial charge in [0.25, 0.3) is 0 Å². The maximum absolute atomic E-state index is 6.07. The Morgan fingerprint density at radius 3 is 2.92 bits per heavy atom. The van der Waals surface area contributed by atoms with Crippen LogP contribution in [0.4, 0.5) is 0 Å². The quantitative estimate of drug-likeness (QED) is 0.776. The molecule has 0 N–H and O–H groups in total. The molecule has 0 spiro atoms. The molecule has 0 unspecified atom stereocenters. The summed E-state index contributed by atoms with van der Waals surface area (Å²) < 4.78 is 6.33. The molecule has 0 aromatic carbocycles. The summed E-state index contributed by atoms with van der Waals surface area (Å²) >= 11 is 6.48. The van der Waals surface area contributed by atoms with Crippen molar-refractivity contribution in [3.8, 4) is 0 Å². The predicted molar refractivity (Wildman–Crippen MR) is 62.7 cm³/mol. The number of halogens is 1. The van der Waals surface area contributed by atoms with Crippen molar-refractivity contribution >= 4 is 49.9 Å². The van der Waals surface area contributed by atoms with Crippen LogP contribution in [0.5, 0.6) is 0 Å². The van der Waals surface area contributed by atoms with E-state index < -0.39 is 21.4 Å². The third kappa shape index (κ3) is 2.05. The molecule has 0 fully saturated rings. The Labute approximate surface area is 95.5 Å². The van der Waals surface area contributed by atoms with Crippen molar-refractivity contribution in [3.63, 3.8) is 0 Å². The van der Waals surface area contributed by atoms with Crippen molar-refractivity contribution in [2.45, 2.75) is 11.1 Å². The molecule has 0 amide bonds. The topological polar surface area (TPSA) is 0 Å². The van der Waals surface area contributed by atoms with Crippen molar-refractivity contribution in [2.24, 2.45) is 0 Å². The summed E-state index contributed by atoms with van der Waals surface area (Å²) in [6.45, 7) is 2.29. The predicted octanol–water partition coefficient (Wildman–Crippen LogP) is 3.95. The molecule has 13 heavy (non-hydrogen) atoms. The molecule has 1 aromatic rings. The van der Waals surface area contributed by atoms with Gasteiger partial charge >= 0.3 is 96.1 Å². The summed E-state index contributed by atoms with van der Waals surface area (Å²) in [6, 6.07) is 1.98. The van der Waals surface area contributed by atoms with Crippen molar-refractivity contribution in [1.29, 1.82) is 0 Å². The van der Waals surface area contributed by atoms with Crippen LogP contribution in [-0.4, -0.2) is 21.4 Å². The van der Waals surface area contributed by atoms with E-state index in [0.29, 0.717) is 0 Å². The molecule has 0 saturated heterocycles. The summed E-state index contributed by atoms with van der Waals surface area (Å²) in [5.74, 6) is 0. The summed E-state index contributed by atoms with van der Waals surface area (Å²) in [5.41, 5.74) is 1.38. The first-order valence-corrected chi connectivity index (χ1v) is 11.8. The van der Waals surface area contributed by atoms with Crippen LogP contribution in [0.3, 0.4) is 0 Å². The van der Waals surface area contributed by atoms with Gasteiger partial charge in [-0.05, 0) is 0 Å². The zero-order valence-corrected chi connectivity index (χ0v) is 12.3. The van der Waals surface area contributed by atoms with Gasteiger partial charge in [0.2, 0.25) is 0 Å². The molecular formula is C10H10ClInS. The molecular weight excluding hydrogens is 302 g/mol. The van der Waals surface area contributed by atoms with Crippen LogP contribution < -0.4 is 0 Å². The Hall–Kier alpha value is 0.340. The van der Waals surface area contributed by atoms with Gasteiger partial charge < -0.3 is 0 Å². The van der Waals surface area contributed by atoms with E-state index in [1.165, 1.54) is 14.6 Å². The van der Waals surface area contributed by atoms with E-state index in [-0.39, 0.29) is 0 Å². The molecule has 2 rings (SSSR count). The SMILES string of the molecule is C[CH2][In]1[CH]=CC(c2sccc2Cl)=[CH]1. The fraction of sp³-hybridized carbons (Fsp3) is 0.200. The molecule has 0 radical (unpaired) electrons. The molecule has 0 saturated carbocycles. The molecule has 0 atom stereocenters. The first kappa shape index (κ1) is 9.88. The van der Waals surface area contributed by atoms with Crippen molar-refractivity contribution in [3.05, 3.63) is 35.1 Å². The summed E-state index contributed by atoms with van der Waals surface area (Å²) in [5, 5.41) is 2.96. The van der Waals surface area contributed by atoms with E-state index in [2.05, 4.69) is 26.0 Å². The normalized spacial score (nSPS) is 15.2. The number of thiophene rings is 1. The average Bonchev–Trinajstić information content (AvgIpc) is 2.71. The zero-order valence-electron chi connectivity index (χ0n) is 7.46. The summed E-state index contributed by atoms with van der Waals surface area (Å²) in [4.78, 5) is 1.26. The van der Waals surface area contributed by atoms with E-state index >= 15 is 0 Å². The van der Waals surface area contributed by atoms with Crippen molar-refractivity contribution < 1.29 is 0 Å². The van der Waals surface area contributed by atoms with Crippen LogP contribution in [-0.2, 0) is 0 Å². The van der Waals surface area contributed by atoms with Crippen LogP contribution in [0.25, 0.3) is 5.57 Å². The molecule has 0 aliphatic carbocycles. The van der Waals surface area contributed by atoms with Gasteiger partial charge in [-0.15, -0.1) is 0 Å².